The first-order valence-electron chi connectivity index (χ1n) is 11.2. The zero-order valence-electron chi connectivity index (χ0n) is 16.7. The highest BCUT2D eigenvalue weighted by Gasteiger charge is 2.52. The molecule has 0 radical (unpaired) electrons. The molecular weight excluding hydrogens is 352 g/mol. The Labute approximate surface area is 171 Å². The normalized spacial score (nSPS) is 30.4. The van der Waals surface area contributed by atoms with Gasteiger partial charge in [0.15, 0.2) is 0 Å². The molecule has 4 fully saturated rings. The summed E-state index contributed by atoms with van der Waals surface area (Å²) in [6, 6.07) is 24.3. The molecule has 2 heteroatoms. The van der Waals surface area contributed by atoms with E-state index >= 15 is 0 Å². The van der Waals surface area contributed by atoms with Crippen LogP contribution in [0.4, 0.5) is 0 Å². The van der Waals surface area contributed by atoms with Crippen molar-refractivity contribution in [1.82, 2.24) is 9.55 Å². The van der Waals surface area contributed by atoms with Crippen LogP contribution in [0.5, 0.6) is 0 Å². The second-order valence-electron chi connectivity index (χ2n) is 9.96. The van der Waals surface area contributed by atoms with Crippen LogP contribution in [0.25, 0.3) is 33.2 Å². The average molecular weight is 379 g/mol. The Morgan fingerprint density at radius 1 is 0.724 bits per heavy atom. The van der Waals surface area contributed by atoms with Gasteiger partial charge in [-0.2, -0.15) is 0 Å². The van der Waals surface area contributed by atoms with Crippen molar-refractivity contribution in [2.75, 3.05) is 0 Å². The number of para-hydroxylation sites is 2. The molecule has 4 aliphatic carbocycles. The predicted octanol–water partition coefficient (Wildman–Crippen LogP) is 6.78. The number of imidazole rings is 1. The summed E-state index contributed by atoms with van der Waals surface area (Å²) in [5.41, 5.74) is 4.01. The predicted molar refractivity (Wildman–Crippen MR) is 119 cm³/mol. The van der Waals surface area contributed by atoms with Gasteiger partial charge in [-0.25, -0.2) is 4.98 Å². The molecule has 0 spiro atoms. The lowest BCUT2D eigenvalue weighted by molar-refractivity contribution is -0.0401. The maximum absolute atomic E-state index is 5.21. The lowest BCUT2D eigenvalue weighted by atomic mass is 9.53. The van der Waals surface area contributed by atoms with Crippen LogP contribution in [0.15, 0.2) is 66.7 Å². The molecule has 0 saturated heterocycles. The first kappa shape index (κ1) is 16.2. The van der Waals surface area contributed by atoms with Crippen LogP contribution >= 0.6 is 0 Å². The largest absolute Gasteiger partial charge is 0.318 e. The zero-order valence-corrected chi connectivity index (χ0v) is 16.7. The van der Waals surface area contributed by atoms with Crippen LogP contribution in [0.1, 0.15) is 38.5 Å². The van der Waals surface area contributed by atoms with Crippen molar-refractivity contribution in [3.05, 3.63) is 66.7 Å². The zero-order chi connectivity index (χ0) is 19.0. The van der Waals surface area contributed by atoms with E-state index in [1.165, 1.54) is 66.2 Å². The molecule has 0 amide bonds. The van der Waals surface area contributed by atoms with Gasteiger partial charge in [0.05, 0.1) is 11.0 Å². The van der Waals surface area contributed by atoms with Crippen LogP contribution in [0.3, 0.4) is 0 Å². The van der Waals surface area contributed by atoms with E-state index in [-0.39, 0.29) is 5.54 Å². The average Bonchev–Trinajstić information content (AvgIpc) is 3.13. The first-order valence-corrected chi connectivity index (χ1v) is 11.2. The first-order chi connectivity index (χ1) is 14.3. The summed E-state index contributed by atoms with van der Waals surface area (Å²) in [5.74, 6) is 3.95. The van der Waals surface area contributed by atoms with Crippen molar-refractivity contribution in [1.29, 1.82) is 0 Å². The van der Waals surface area contributed by atoms with Crippen LogP contribution in [0, 0.1) is 17.8 Å². The van der Waals surface area contributed by atoms with Gasteiger partial charge in [-0.3, -0.25) is 0 Å². The fourth-order valence-electron chi connectivity index (χ4n) is 7.37. The minimum absolute atomic E-state index is 0.270. The summed E-state index contributed by atoms with van der Waals surface area (Å²) in [6.45, 7) is 0. The van der Waals surface area contributed by atoms with E-state index in [9.17, 15) is 0 Å². The number of fused-ring (bicyclic) bond motifs is 2. The molecule has 8 rings (SSSR count). The molecule has 0 unspecified atom stereocenters. The van der Waals surface area contributed by atoms with E-state index in [1.807, 2.05) is 0 Å². The molecule has 2 nitrogen and oxygen atoms in total. The quantitative estimate of drug-likeness (QED) is 0.376. The van der Waals surface area contributed by atoms with Crippen LogP contribution in [-0.4, -0.2) is 9.55 Å². The molecule has 144 valence electrons. The molecular formula is C27H26N2. The van der Waals surface area contributed by atoms with Crippen LogP contribution in [0.2, 0.25) is 0 Å². The van der Waals surface area contributed by atoms with E-state index in [4.69, 9.17) is 4.98 Å². The highest BCUT2D eigenvalue weighted by molar-refractivity contribution is 5.88. The maximum atomic E-state index is 5.21. The van der Waals surface area contributed by atoms with Gasteiger partial charge >= 0.3 is 0 Å². The second-order valence-corrected chi connectivity index (χ2v) is 9.96. The Morgan fingerprint density at radius 2 is 1.38 bits per heavy atom. The summed E-state index contributed by atoms with van der Waals surface area (Å²) in [7, 11) is 0. The van der Waals surface area contributed by atoms with Gasteiger partial charge in [0.2, 0.25) is 0 Å². The van der Waals surface area contributed by atoms with Gasteiger partial charge in [-0.15, -0.1) is 0 Å². The Bertz CT molecular complexity index is 1210. The summed E-state index contributed by atoms with van der Waals surface area (Å²) in [4.78, 5) is 5.21. The summed E-state index contributed by atoms with van der Waals surface area (Å²) in [5, 5.41) is 2.60. The Balaban J connectivity index is 1.49. The number of rotatable bonds is 2. The number of hydrogen-bond acceptors (Lipinski definition) is 1. The number of nitrogens with zero attached hydrogens (tertiary/aromatic N) is 2. The fourth-order valence-corrected chi connectivity index (χ4v) is 7.37. The monoisotopic (exact) mass is 378 g/mol. The Kier molecular flexibility index (Phi) is 3.20. The van der Waals surface area contributed by atoms with Crippen LogP contribution in [-0.2, 0) is 5.54 Å². The molecule has 3 aromatic carbocycles. The highest BCUT2D eigenvalue weighted by atomic mass is 15.2. The minimum atomic E-state index is 0.270. The van der Waals surface area contributed by atoms with E-state index in [1.54, 1.807) is 0 Å². The van der Waals surface area contributed by atoms with Crippen LogP contribution < -0.4 is 0 Å². The molecule has 1 heterocycles. The van der Waals surface area contributed by atoms with Crippen molar-refractivity contribution in [2.45, 2.75) is 44.1 Å². The molecule has 4 bridgehead atoms. The molecule has 4 saturated carbocycles. The Morgan fingerprint density at radius 3 is 2.14 bits per heavy atom. The van der Waals surface area contributed by atoms with Gasteiger partial charge in [-0.05, 0) is 85.3 Å². The summed E-state index contributed by atoms with van der Waals surface area (Å²) >= 11 is 0. The SMILES string of the molecule is c1ccc2cc(-c3nc4ccccc4n3C34CC5CC(CC(C5)C3)C4)ccc2c1. The summed E-state index contributed by atoms with van der Waals surface area (Å²) < 4.78 is 2.69. The molecule has 4 aromatic rings. The second kappa shape index (κ2) is 5.72. The third-order valence-electron chi connectivity index (χ3n) is 8.05. The third-order valence-corrected chi connectivity index (χ3v) is 8.05. The van der Waals surface area contributed by atoms with Gasteiger partial charge in [0.25, 0.3) is 0 Å². The highest BCUT2D eigenvalue weighted by Crippen LogP contribution is 2.60. The van der Waals surface area contributed by atoms with Gasteiger partial charge in [-0.1, -0.05) is 48.5 Å². The number of benzene rings is 3. The maximum Gasteiger partial charge on any atom is 0.141 e. The van der Waals surface area contributed by atoms with Gasteiger partial charge < -0.3 is 4.57 Å². The van der Waals surface area contributed by atoms with Crippen molar-refractivity contribution < 1.29 is 0 Å². The molecule has 0 N–H and O–H groups in total. The smallest absolute Gasteiger partial charge is 0.141 e. The standard InChI is InChI=1S/C27H26N2/c1-2-6-22-14-23(10-9-21(22)5-1)26-28-24-7-3-4-8-25(24)29(26)27-15-18-11-19(16-27)13-20(12-18)17-27/h1-10,14,18-20H,11-13,15-17H2. The van der Waals surface area contributed by atoms with E-state index in [0.29, 0.717) is 0 Å². The van der Waals surface area contributed by atoms with E-state index in [2.05, 4.69) is 71.3 Å². The fraction of sp³-hybridized carbons (Fsp3) is 0.370. The van der Waals surface area contributed by atoms with Crippen molar-refractivity contribution in [3.8, 4) is 11.4 Å². The number of aromatic nitrogens is 2. The number of hydrogen-bond donors (Lipinski definition) is 0. The van der Waals surface area contributed by atoms with Crippen molar-refractivity contribution >= 4 is 21.8 Å². The summed E-state index contributed by atoms with van der Waals surface area (Å²) in [6.07, 6.45) is 8.45. The van der Waals surface area contributed by atoms with Gasteiger partial charge in [0, 0.05) is 11.1 Å². The van der Waals surface area contributed by atoms with Gasteiger partial charge in [0.1, 0.15) is 5.82 Å². The van der Waals surface area contributed by atoms with Crippen molar-refractivity contribution in [3.63, 3.8) is 0 Å². The molecule has 0 atom stereocenters. The molecule has 1 aromatic heterocycles. The lowest BCUT2D eigenvalue weighted by Gasteiger charge is -2.57. The lowest BCUT2D eigenvalue weighted by Crippen LogP contribution is -2.52. The molecule has 4 aliphatic rings. The minimum Gasteiger partial charge on any atom is -0.318 e. The van der Waals surface area contributed by atoms with E-state index < -0.39 is 0 Å². The Hall–Kier alpha value is -2.61. The van der Waals surface area contributed by atoms with E-state index in [0.717, 1.165) is 23.3 Å². The molecule has 29 heavy (non-hydrogen) atoms. The topological polar surface area (TPSA) is 17.8 Å². The third kappa shape index (κ3) is 2.32. The van der Waals surface area contributed by atoms with Crippen molar-refractivity contribution in [2.24, 2.45) is 17.8 Å². The molecule has 0 aliphatic heterocycles.